The molecular weight excluding hydrogens is 443 g/mol. The Kier molecular flexibility index (Phi) is 17.3. The Labute approximate surface area is 215 Å². The van der Waals surface area contributed by atoms with Crippen LogP contribution in [0.4, 0.5) is 0 Å². The second-order valence-corrected chi connectivity index (χ2v) is 9.89. The predicted molar refractivity (Wildman–Crippen MR) is 121 cm³/mol. The quantitative estimate of drug-likeness (QED) is 0.0861. The SMILES string of the molecule is CCCCCCCCCC/C=C/CC(=O)C1=NCC[N+]1(CCO)CC(O)CS(=O)(=O)[O-].[Na+]. The van der Waals surface area contributed by atoms with Crippen LogP contribution in [0.1, 0.15) is 71.1 Å². The summed E-state index contributed by atoms with van der Waals surface area (Å²) >= 11 is 0. The van der Waals surface area contributed by atoms with Crippen LogP contribution in [0.15, 0.2) is 17.1 Å². The van der Waals surface area contributed by atoms with Gasteiger partial charge in [-0.2, -0.15) is 0 Å². The van der Waals surface area contributed by atoms with Crippen molar-refractivity contribution in [2.24, 2.45) is 4.99 Å². The number of aliphatic imine (C=N–C) groups is 1. The van der Waals surface area contributed by atoms with E-state index in [1.54, 1.807) is 0 Å². The van der Waals surface area contributed by atoms with Crippen molar-refractivity contribution in [1.82, 2.24) is 0 Å². The van der Waals surface area contributed by atoms with Crippen molar-refractivity contribution in [2.75, 3.05) is 38.5 Å². The summed E-state index contributed by atoms with van der Waals surface area (Å²) in [6, 6.07) is 0. The van der Waals surface area contributed by atoms with Gasteiger partial charge in [-0.3, -0.25) is 9.28 Å². The largest absolute Gasteiger partial charge is 1.00 e. The number of rotatable bonds is 18. The zero-order valence-corrected chi connectivity index (χ0v) is 22.7. The Morgan fingerprint density at radius 3 is 2.38 bits per heavy atom. The summed E-state index contributed by atoms with van der Waals surface area (Å²) < 4.78 is 32.7. The first-order chi connectivity index (χ1) is 14.7. The number of quaternary nitrogens is 1. The molecule has 1 rings (SSSR count). The maximum Gasteiger partial charge on any atom is 1.00 e. The summed E-state index contributed by atoms with van der Waals surface area (Å²) in [7, 11) is -4.59. The molecule has 0 fully saturated rings. The normalized spacial score (nSPS) is 19.7. The molecule has 10 heteroatoms. The van der Waals surface area contributed by atoms with Gasteiger partial charge in [0, 0.05) is 6.42 Å². The van der Waals surface area contributed by atoms with Crippen LogP contribution in [0.25, 0.3) is 0 Å². The van der Waals surface area contributed by atoms with E-state index in [1.807, 2.05) is 12.2 Å². The third kappa shape index (κ3) is 12.9. The van der Waals surface area contributed by atoms with Crippen molar-refractivity contribution >= 4 is 21.7 Å². The first kappa shape index (κ1) is 31.9. The number of amidine groups is 1. The number of allylic oxidation sites excluding steroid dienone is 2. The van der Waals surface area contributed by atoms with Gasteiger partial charge < -0.3 is 14.8 Å². The molecule has 1 aliphatic heterocycles. The van der Waals surface area contributed by atoms with Crippen LogP contribution in [0.3, 0.4) is 0 Å². The number of aliphatic hydroxyl groups is 2. The zero-order valence-electron chi connectivity index (χ0n) is 19.9. The first-order valence-electron chi connectivity index (χ1n) is 11.6. The van der Waals surface area contributed by atoms with E-state index in [9.17, 15) is 28.0 Å². The van der Waals surface area contributed by atoms with Gasteiger partial charge >= 0.3 is 29.6 Å². The van der Waals surface area contributed by atoms with Crippen molar-refractivity contribution in [3.8, 4) is 0 Å². The topological polar surface area (TPSA) is 127 Å². The van der Waals surface area contributed by atoms with Gasteiger partial charge in [0.2, 0.25) is 5.78 Å². The van der Waals surface area contributed by atoms with Crippen LogP contribution in [0.5, 0.6) is 0 Å². The molecule has 0 amide bonds. The molecule has 180 valence electrons. The summed E-state index contributed by atoms with van der Waals surface area (Å²) in [4.78, 5) is 17.0. The second kappa shape index (κ2) is 17.3. The molecule has 1 aliphatic rings. The van der Waals surface area contributed by atoms with Gasteiger partial charge in [0.05, 0.1) is 29.0 Å². The number of carbonyl (C=O) groups is 1. The van der Waals surface area contributed by atoms with E-state index < -0.39 is 22.0 Å². The molecule has 0 radical (unpaired) electrons. The fourth-order valence-corrected chi connectivity index (χ4v) is 4.70. The molecule has 0 saturated carbocycles. The Hall–Kier alpha value is -0.130. The number of Topliss-reactive ketones (excluding diaryl/α,β-unsaturated/α-hetero) is 1. The molecule has 0 aromatic heterocycles. The minimum atomic E-state index is -4.59. The van der Waals surface area contributed by atoms with Crippen molar-refractivity contribution < 1.29 is 62.0 Å². The van der Waals surface area contributed by atoms with Gasteiger partial charge in [-0.15, -0.1) is 0 Å². The molecule has 0 aromatic rings. The third-order valence-electron chi connectivity index (χ3n) is 5.67. The molecule has 0 aliphatic carbocycles. The Morgan fingerprint density at radius 1 is 1.16 bits per heavy atom. The van der Waals surface area contributed by atoms with Crippen molar-refractivity contribution in [2.45, 2.75) is 77.2 Å². The molecule has 8 nitrogen and oxygen atoms in total. The van der Waals surface area contributed by atoms with Gasteiger partial charge in [0.25, 0.3) is 5.84 Å². The molecule has 0 saturated heterocycles. The Morgan fingerprint density at radius 2 is 1.78 bits per heavy atom. The van der Waals surface area contributed by atoms with Crippen molar-refractivity contribution in [3.05, 3.63) is 12.2 Å². The fourth-order valence-electron chi connectivity index (χ4n) is 4.12. The minimum absolute atomic E-state index is 0. The smallest absolute Gasteiger partial charge is 0.748 e. The summed E-state index contributed by atoms with van der Waals surface area (Å²) in [6.45, 7) is 2.74. The summed E-state index contributed by atoms with van der Waals surface area (Å²) in [5, 5.41) is 19.5. The maximum atomic E-state index is 12.7. The Bertz CT molecular complexity index is 699. The second-order valence-electron chi connectivity index (χ2n) is 8.44. The zero-order chi connectivity index (χ0) is 23.2. The molecule has 1 heterocycles. The number of hydrogen-bond donors (Lipinski definition) is 2. The van der Waals surface area contributed by atoms with E-state index in [0.717, 1.165) is 12.8 Å². The molecule has 0 bridgehead atoms. The standard InChI is InChI=1S/C22H40N2O6S.Na/c1-2-3-4-5-6-7-8-9-10-11-12-13-21(27)22-23-14-15-24(22,16-17-25)18-20(26)19-31(28,29)30;/h11-12,20,25-26H,2-10,13-19H2,1H3;/q;+1/b12-11+;. The molecule has 0 spiro atoms. The Balaban J connectivity index is 0.00000961. The van der Waals surface area contributed by atoms with Gasteiger partial charge in [-0.25, -0.2) is 13.4 Å². The van der Waals surface area contributed by atoms with Crippen LogP contribution in [0.2, 0.25) is 0 Å². The number of ketones is 1. The van der Waals surface area contributed by atoms with Crippen LogP contribution in [-0.2, 0) is 14.9 Å². The van der Waals surface area contributed by atoms with E-state index in [1.165, 1.54) is 44.9 Å². The van der Waals surface area contributed by atoms with E-state index in [2.05, 4.69) is 11.9 Å². The summed E-state index contributed by atoms with van der Waals surface area (Å²) in [6.07, 6.45) is 13.5. The minimum Gasteiger partial charge on any atom is -0.748 e. The average molecular weight is 484 g/mol. The maximum absolute atomic E-state index is 12.7. The summed E-state index contributed by atoms with van der Waals surface area (Å²) in [5.74, 6) is -0.873. The predicted octanol–water partition coefficient (Wildman–Crippen LogP) is -0.836. The average Bonchev–Trinajstić information content (AvgIpc) is 3.07. The van der Waals surface area contributed by atoms with Crippen molar-refractivity contribution in [3.63, 3.8) is 0 Å². The fraction of sp³-hybridized carbons (Fsp3) is 0.818. The van der Waals surface area contributed by atoms with Crippen LogP contribution in [0, 0.1) is 0 Å². The van der Waals surface area contributed by atoms with E-state index in [4.69, 9.17) is 0 Å². The van der Waals surface area contributed by atoms with Gasteiger partial charge in [0.1, 0.15) is 25.7 Å². The molecular formula is C22H40N2NaO6S+. The van der Waals surface area contributed by atoms with E-state index in [0.29, 0.717) is 13.1 Å². The number of nitrogens with zero attached hydrogens (tertiary/aromatic N) is 2. The molecule has 2 atom stereocenters. The number of carbonyl (C=O) groups excluding carboxylic acids is 1. The van der Waals surface area contributed by atoms with Crippen molar-refractivity contribution in [1.29, 1.82) is 0 Å². The number of hydrogen-bond acceptors (Lipinski definition) is 7. The van der Waals surface area contributed by atoms with Crippen LogP contribution < -0.4 is 29.6 Å². The van der Waals surface area contributed by atoms with E-state index in [-0.39, 0.29) is 71.8 Å². The monoisotopic (exact) mass is 483 g/mol. The summed E-state index contributed by atoms with van der Waals surface area (Å²) in [5.41, 5.74) is 0. The van der Waals surface area contributed by atoms with Gasteiger partial charge in [-0.05, 0) is 12.8 Å². The van der Waals surface area contributed by atoms with Gasteiger partial charge in [-0.1, -0.05) is 64.0 Å². The molecule has 32 heavy (non-hydrogen) atoms. The molecule has 2 unspecified atom stereocenters. The molecule has 0 aromatic carbocycles. The number of unbranched alkanes of at least 4 members (excludes halogenated alkanes) is 8. The van der Waals surface area contributed by atoms with Crippen LogP contribution in [-0.4, -0.2) is 83.9 Å². The molecule has 2 N–H and O–H groups in total. The first-order valence-corrected chi connectivity index (χ1v) is 13.1. The third-order valence-corrected chi connectivity index (χ3v) is 6.46. The number of aliphatic hydroxyl groups excluding tert-OH is 2. The van der Waals surface area contributed by atoms with Gasteiger partial charge in [0.15, 0.2) is 0 Å². The van der Waals surface area contributed by atoms with Crippen LogP contribution >= 0.6 is 0 Å². The van der Waals surface area contributed by atoms with E-state index >= 15 is 0 Å².